The maximum atomic E-state index is 12.0. The second-order valence-corrected chi connectivity index (χ2v) is 5.37. The second-order valence-electron chi connectivity index (χ2n) is 3.14. The van der Waals surface area contributed by atoms with E-state index in [2.05, 4.69) is 15.9 Å². The third kappa shape index (κ3) is 2.21. The molecule has 15 heavy (non-hydrogen) atoms. The van der Waals surface area contributed by atoms with Gasteiger partial charge in [-0.25, -0.2) is 4.21 Å². The number of rotatable bonds is 2. The van der Waals surface area contributed by atoms with Crippen LogP contribution in [0.25, 0.3) is 0 Å². The minimum atomic E-state index is -1.25. The number of aryl methyl sites for hydroxylation is 1. The molecule has 0 aliphatic rings. The quantitative estimate of drug-likeness (QED) is 0.845. The SMILES string of the molecule is Cc1ccc(S(=O)c2occc2Br)cc1. The molecule has 0 aliphatic carbocycles. The summed E-state index contributed by atoms with van der Waals surface area (Å²) in [4.78, 5) is 0.747. The van der Waals surface area contributed by atoms with E-state index in [-0.39, 0.29) is 0 Å². The summed E-state index contributed by atoms with van der Waals surface area (Å²) in [6, 6.07) is 9.30. The average Bonchev–Trinajstić information content (AvgIpc) is 2.65. The van der Waals surface area contributed by atoms with Gasteiger partial charge in [0.2, 0.25) is 5.09 Å². The first-order valence-corrected chi connectivity index (χ1v) is 6.34. The molecule has 0 saturated heterocycles. The smallest absolute Gasteiger partial charge is 0.209 e. The molecule has 0 fully saturated rings. The van der Waals surface area contributed by atoms with Gasteiger partial charge in [-0.1, -0.05) is 17.7 Å². The standard InChI is InChI=1S/C11H9BrO2S/c1-8-2-4-9(5-3-8)15(13)11-10(12)6-7-14-11/h2-7H,1H3. The molecule has 4 heteroatoms. The first-order chi connectivity index (χ1) is 7.18. The van der Waals surface area contributed by atoms with Crippen LogP contribution in [0.3, 0.4) is 0 Å². The highest BCUT2D eigenvalue weighted by Gasteiger charge is 2.13. The van der Waals surface area contributed by atoms with Crippen molar-refractivity contribution in [2.45, 2.75) is 16.9 Å². The van der Waals surface area contributed by atoms with Gasteiger partial charge in [-0.3, -0.25) is 0 Å². The van der Waals surface area contributed by atoms with Gasteiger partial charge in [0, 0.05) is 4.90 Å². The van der Waals surface area contributed by atoms with Gasteiger partial charge < -0.3 is 4.42 Å². The zero-order valence-electron chi connectivity index (χ0n) is 8.07. The number of halogens is 1. The Labute approximate surface area is 98.9 Å². The van der Waals surface area contributed by atoms with Crippen LogP contribution in [-0.2, 0) is 10.8 Å². The molecule has 0 bridgehead atoms. The summed E-state index contributed by atoms with van der Waals surface area (Å²) in [6.45, 7) is 2.00. The highest BCUT2D eigenvalue weighted by atomic mass is 79.9. The van der Waals surface area contributed by atoms with Crippen LogP contribution in [0.5, 0.6) is 0 Å². The fourth-order valence-corrected chi connectivity index (χ4v) is 2.81. The van der Waals surface area contributed by atoms with Crippen molar-refractivity contribution in [3.05, 3.63) is 46.6 Å². The molecule has 78 valence electrons. The molecule has 2 nitrogen and oxygen atoms in total. The monoisotopic (exact) mass is 284 g/mol. The zero-order valence-corrected chi connectivity index (χ0v) is 10.5. The molecule has 1 heterocycles. The lowest BCUT2D eigenvalue weighted by molar-refractivity contribution is 0.462. The molecule has 0 saturated carbocycles. The van der Waals surface area contributed by atoms with Crippen LogP contribution in [0.15, 0.2) is 55.5 Å². The van der Waals surface area contributed by atoms with Gasteiger partial charge in [-0.2, -0.15) is 0 Å². The van der Waals surface area contributed by atoms with E-state index in [1.54, 1.807) is 6.07 Å². The number of benzene rings is 1. The molecule has 0 amide bonds. The van der Waals surface area contributed by atoms with Crippen LogP contribution in [0.4, 0.5) is 0 Å². The van der Waals surface area contributed by atoms with Gasteiger partial charge in [0.05, 0.1) is 10.7 Å². The van der Waals surface area contributed by atoms with E-state index in [9.17, 15) is 4.21 Å². The lowest BCUT2D eigenvalue weighted by Crippen LogP contribution is -1.91. The molecular formula is C11H9BrO2S. The summed E-state index contributed by atoms with van der Waals surface area (Å²) >= 11 is 3.29. The van der Waals surface area contributed by atoms with Crippen LogP contribution >= 0.6 is 15.9 Å². The highest BCUT2D eigenvalue weighted by molar-refractivity contribution is 9.10. The minimum Gasteiger partial charge on any atom is -0.454 e. The topological polar surface area (TPSA) is 30.2 Å². The average molecular weight is 285 g/mol. The van der Waals surface area contributed by atoms with Crippen LogP contribution in [0, 0.1) is 6.92 Å². The summed E-state index contributed by atoms with van der Waals surface area (Å²) in [6.07, 6.45) is 1.52. The summed E-state index contributed by atoms with van der Waals surface area (Å²) < 4.78 is 17.9. The Bertz CT molecular complexity index is 488. The lowest BCUT2D eigenvalue weighted by Gasteiger charge is -1.99. The molecule has 0 N–H and O–H groups in total. The Balaban J connectivity index is 2.37. The summed E-state index contributed by atoms with van der Waals surface area (Å²) in [5.41, 5.74) is 1.15. The van der Waals surface area contributed by atoms with E-state index in [4.69, 9.17) is 4.42 Å². The van der Waals surface area contributed by atoms with Crippen molar-refractivity contribution < 1.29 is 8.63 Å². The molecular weight excluding hydrogens is 276 g/mol. The number of furan rings is 1. The molecule has 2 aromatic rings. The Hall–Kier alpha value is -0.870. The maximum absolute atomic E-state index is 12.0. The predicted octanol–water partition coefficient (Wildman–Crippen LogP) is 3.52. The van der Waals surface area contributed by atoms with Crippen molar-refractivity contribution >= 4 is 26.7 Å². The largest absolute Gasteiger partial charge is 0.454 e. The lowest BCUT2D eigenvalue weighted by atomic mass is 10.2. The molecule has 0 spiro atoms. The van der Waals surface area contributed by atoms with E-state index >= 15 is 0 Å². The minimum absolute atomic E-state index is 0.457. The van der Waals surface area contributed by atoms with Crippen LogP contribution in [0.1, 0.15) is 5.56 Å². The van der Waals surface area contributed by atoms with Crippen LogP contribution in [0.2, 0.25) is 0 Å². The van der Waals surface area contributed by atoms with E-state index in [0.29, 0.717) is 5.09 Å². The van der Waals surface area contributed by atoms with Gasteiger partial charge in [0.25, 0.3) is 0 Å². The predicted molar refractivity (Wildman–Crippen MR) is 62.3 cm³/mol. The van der Waals surface area contributed by atoms with Crippen molar-refractivity contribution in [1.82, 2.24) is 0 Å². The van der Waals surface area contributed by atoms with Crippen LogP contribution < -0.4 is 0 Å². The fraction of sp³-hybridized carbons (Fsp3) is 0.0909. The van der Waals surface area contributed by atoms with E-state index in [1.165, 1.54) is 6.26 Å². The molecule has 1 aromatic carbocycles. The van der Waals surface area contributed by atoms with Gasteiger partial charge in [-0.15, -0.1) is 0 Å². The Kier molecular flexibility index (Phi) is 3.07. The van der Waals surface area contributed by atoms with Crippen molar-refractivity contribution in [3.63, 3.8) is 0 Å². The second kappa shape index (κ2) is 4.33. The van der Waals surface area contributed by atoms with Gasteiger partial charge in [0.1, 0.15) is 10.8 Å². The van der Waals surface area contributed by atoms with Crippen molar-refractivity contribution in [2.24, 2.45) is 0 Å². The molecule has 1 unspecified atom stereocenters. The first-order valence-electron chi connectivity index (χ1n) is 4.40. The summed E-state index contributed by atoms with van der Waals surface area (Å²) in [5.74, 6) is 0. The van der Waals surface area contributed by atoms with Crippen LogP contribution in [-0.4, -0.2) is 4.21 Å². The molecule has 1 aromatic heterocycles. The van der Waals surface area contributed by atoms with E-state index < -0.39 is 10.8 Å². The van der Waals surface area contributed by atoms with E-state index in [0.717, 1.165) is 14.9 Å². The van der Waals surface area contributed by atoms with Gasteiger partial charge >= 0.3 is 0 Å². The fourth-order valence-electron chi connectivity index (χ4n) is 1.18. The Morgan fingerprint density at radius 1 is 1.20 bits per heavy atom. The summed E-state index contributed by atoms with van der Waals surface area (Å²) in [5, 5.41) is 0.457. The van der Waals surface area contributed by atoms with Crippen molar-refractivity contribution in [2.75, 3.05) is 0 Å². The van der Waals surface area contributed by atoms with Crippen molar-refractivity contribution in [1.29, 1.82) is 0 Å². The third-order valence-electron chi connectivity index (χ3n) is 1.99. The molecule has 0 aliphatic heterocycles. The van der Waals surface area contributed by atoms with Gasteiger partial charge in [0.15, 0.2) is 0 Å². The molecule has 1 atom stereocenters. The first kappa shape index (κ1) is 10.6. The third-order valence-corrected chi connectivity index (χ3v) is 4.23. The number of hydrogen-bond acceptors (Lipinski definition) is 2. The Morgan fingerprint density at radius 2 is 1.87 bits per heavy atom. The zero-order chi connectivity index (χ0) is 10.8. The Morgan fingerprint density at radius 3 is 2.40 bits per heavy atom. The van der Waals surface area contributed by atoms with E-state index in [1.807, 2.05) is 31.2 Å². The van der Waals surface area contributed by atoms with Gasteiger partial charge in [-0.05, 0) is 41.1 Å². The normalized spacial score (nSPS) is 12.7. The highest BCUT2D eigenvalue weighted by Crippen LogP contribution is 2.25. The summed E-state index contributed by atoms with van der Waals surface area (Å²) in [7, 11) is -1.25. The van der Waals surface area contributed by atoms with Crippen molar-refractivity contribution in [3.8, 4) is 0 Å². The maximum Gasteiger partial charge on any atom is 0.209 e. The number of hydrogen-bond donors (Lipinski definition) is 0. The molecule has 0 radical (unpaired) electrons. The molecule has 2 rings (SSSR count).